The first-order chi connectivity index (χ1) is 8.39. The molecule has 2 heterocycles. The van der Waals surface area contributed by atoms with Gasteiger partial charge in [-0.1, -0.05) is 12.2 Å². The fourth-order valence-electron chi connectivity index (χ4n) is 1.94. The molecule has 2 N–H and O–H groups in total. The van der Waals surface area contributed by atoms with Crippen LogP contribution in [0.3, 0.4) is 0 Å². The van der Waals surface area contributed by atoms with E-state index in [2.05, 4.69) is 9.97 Å². The highest BCUT2D eigenvalue weighted by Gasteiger charge is 2.28. The van der Waals surface area contributed by atoms with E-state index in [1.807, 2.05) is 11.8 Å². The summed E-state index contributed by atoms with van der Waals surface area (Å²) in [6, 6.07) is -0.103. The lowest BCUT2D eigenvalue weighted by Crippen LogP contribution is -2.47. The zero-order chi connectivity index (χ0) is 13.3. The van der Waals surface area contributed by atoms with Gasteiger partial charge in [0, 0.05) is 12.6 Å². The molecule has 0 amide bonds. The van der Waals surface area contributed by atoms with Crippen LogP contribution in [0, 0.1) is 0 Å². The van der Waals surface area contributed by atoms with E-state index in [0.717, 1.165) is 0 Å². The molecule has 18 heavy (non-hydrogen) atoms. The summed E-state index contributed by atoms with van der Waals surface area (Å²) in [5.74, 6) is 0.944. The number of nitrogens with two attached hydrogens (primary N) is 1. The fraction of sp³-hybridized carbons (Fsp3) is 0.500. The van der Waals surface area contributed by atoms with Gasteiger partial charge in [0.05, 0.1) is 23.9 Å². The second kappa shape index (κ2) is 4.77. The van der Waals surface area contributed by atoms with E-state index in [-0.39, 0.29) is 22.5 Å². The Bertz CT molecular complexity index is 556. The largest absolute Gasteiger partial charge is 0.388 e. The summed E-state index contributed by atoms with van der Waals surface area (Å²) in [5.41, 5.74) is 5.91. The van der Waals surface area contributed by atoms with Crippen molar-refractivity contribution in [2.45, 2.75) is 13.0 Å². The second-order valence-corrected chi connectivity index (χ2v) is 6.95. The lowest BCUT2D eigenvalue weighted by molar-refractivity contribution is 0.566. The van der Waals surface area contributed by atoms with Crippen LogP contribution in [0.2, 0.25) is 0 Å². The smallest absolute Gasteiger partial charge is 0.154 e. The van der Waals surface area contributed by atoms with Crippen molar-refractivity contribution < 1.29 is 8.42 Å². The molecular weight excluding hydrogens is 272 g/mol. The van der Waals surface area contributed by atoms with Gasteiger partial charge in [0.25, 0.3) is 0 Å². The van der Waals surface area contributed by atoms with E-state index >= 15 is 0 Å². The lowest BCUT2D eigenvalue weighted by Gasteiger charge is -2.33. The zero-order valence-electron chi connectivity index (χ0n) is 9.91. The quantitative estimate of drug-likeness (QED) is 0.749. The monoisotopic (exact) mass is 286 g/mol. The molecular formula is C10H14N4O2S2. The molecule has 2 rings (SSSR count). The predicted molar refractivity (Wildman–Crippen MR) is 73.4 cm³/mol. The Hall–Kier alpha value is -1.28. The number of hydrogen-bond acceptors (Lipinski definition) is 6. The normalized spacial score (nSPS) is 22.7. The van der Waals surface area contributed by atoms with Crippen LogP contribution in [0.4, 0.5) is 5.82 Å². The molecule has 0 spiro atoms. The summed E-state index contributed by atoms with van der Waals surface area (Å²) in [7, 11) is -2.93. The average Bonchev–Trinajstić information content (AvgIpc) is 2.28. The fourth-order valence-corrected chi connectivity index (χ4v) is 3.60. The Labute approximate surface area is 111 Å². The number of rotatable bonds is 2. The van der Waals surface area contributed by atoms with E-state index in [1.54, 1.807) is 6.20 Å². The van der Waals surface area contributed by atoms with Crippen molar-refractivity contribution in [1.82, 2.24) is 9.97 Å². The Kier molecular flexibility index (Phi) is 3.49. The van der Waals surface area contributed by atoms with Crippen LogP contribution in [0.15, 0.2) is 12.4 Å². The summed E-state index contributed by atoms with van der Waals surface area (Å²) < 4.78 is 23.0. The molecule has 1 aromatic heterocycles. The highest BCUT2D eigenvalue weighted by atomic mass is 32.2. The topological polar surface area (TPSA) is 89.2 Å². The average molecular weight is 286 g/mol. The Morgan fingerprint density at radius 2 is 2.22 bits per heavy atom. The van der Waals surface area contributed by atoms with Crippen LogP contribution in [0.1, 0.15) is 12.6 Å². The van der Waals surface area contributed by atoms with E-state index < -0.39 is 9.84 Å². The second-order valence-electron chi connectivity index (χ2n) is 4.28. The van der Waals surface area contributed by atoms with E-state index in [9.17, 15) is 8.42 Å². The summed E-state index contributed by atoms with van der Waals surface area (Å²) in [6.07, 6.45) is 3.08. The molecule has 1 aliphatic rings. The third-order valence-electron chi connectivity index (χ3n) is 2.86. The van der Waals surface area contributed by atoms with Gasteiger partial charge in [-0.25, -0.2) is 18.4 Å². The minimum Gasteiger partial charge on any atom is -0.388 e. The zero-order valence-corrected chi connectivity index (χ0v) is 11.5. The summed E-state index contributed by atoms with van der Waals surface area (Å²) in [4.78, 5) is 10.5. The molecule has 0 saturated carbocycles. The van der Waals surface area contributed by atoms with Gasteiger partial charge in [-0.3, -0.25) is 0 Å². The molecule has 1 atom stereocenters. The van der Waals surface area contributed by atoms with Crippen molar-refractivity contribution in [1.29, 1.82) is 0 Å². The minimum absolute atomic E-state index is 0.103. The van der Waals surface area contributed by atoms with Gasteiger partial charge < -0.3 is 10.6 Å². The highest BCUT2D eigenvalue weighted by Crippen LogP contribution is 2.18. The summed E-state index contributed by atoms with van der Waals surface area (Å²) >= 11 is 4.80. The lowest BCUT2D eigenvalue weighted by atomic mass is 10.3. The number of aromatic nitrogens is 2. The highest BCUT2D eigenvalue weighted by molar-refractivity contribution is 7.91. The molecule has 0 bridgehead atoms. The van der Waals surface area contributed by atoms with Crippen LogP contribution in [0.5, 0.6) is 0 Å². The first-order valence-corrected chi connectivity index (χ1v) is 7.71. The van der Waals surface area contributed by atoms with Gasteiger partial charge in [-0.15, -0.1) is 0 Å². The van der Waals surface area contributed by atoms with Crippen LogP contribution < -0.4 is 10.6 Å². The molecule has 1 aromatic rings. The summed E-state index contributed by atoms with van der Waals surface area (Å²) in [5, 5.41) is 0. The molecule has 6 nitrogen and oxygen atoms in total. The first kappa shape index (κ1) is 13.2. The third-order valence-corrected chi connectivity index (χ3v) is 4.86. The maximum Gasteiger partial charge on any atom is 0.154 e. The standard InChI is InChI=1S/C10H14N4O2S2/c1-7-6-18(15,16)3-2-14(7)9-5-12-8(4-13-9)10(11)17/h4-5,7H,2-3,6H2,1H3,(H2,11,17). The maximum atomic E-state index is 11.5. The van der Waals surface area contributed by atoms with Gasteiger partial charge in [0.15, 0.2) is 9.84 Å². The number of thiocarbonyl (C=S) groups is 1. The molecule has 0 radical (unpaired) electrons. The molecule has 0 aromatic carbocycles. The van der Waals surface area contributed by atoms with Crippen LogP contribution in [-0.4, -0.2) is 47.5 Å². The van der Waals surface area contributed by atoms with Crippen molar-refractivity contribution in [2.24, 2.45) is 5.73 Å². The number of nitrogens with zero attached hydrogens (tertiary/aromatic N) is 3. The van der Waals surface area contributed by atoms with Gasteiger partial charge >= 0.3 is 0 Å². The minimum atomic E-state index is -2.93. The first-order valence-electron chi connectivity index (χ1n) is 5.48. The molecule has 1 saturated heterocycles. The Balaban J connectivity index is 2.20. The molecule has 0 aliphatic carbocycles. The predicted octanol–water partition coefficient (Wildman–Crippen LogP) is -0.266. The van der Waals surface area contributed by atoms with Crippen molar-refractivity contribution in [3.8, 4) is 0 Å². The third kappa shape index (κ3) is 2.75. The van der Waals surface area contributed by atoms with Crippen LogP contribution in [0.25, 0.3) is 0 Å². The van der Waals surface area contributed by atoms with Crippen molar-refractivity contribution >= 4 is 32.9 Å². The maximum absolute atomic E-state index is 11.5. The Morgan fingerprint density at radius 3 is 2.72 bits per heavy atom. The van der Waals surface area contributed by atoms with E-state index in [0.29, 0.717) is 18.1 Å². The summed E-state index contributed by atoms with van der Waals surface area (Å²) in [6.45, 7) is 2.30. The number of hydrogen-bond donors (Lipinski definition) is 1. The van der Waals surface area contributed by atoms with Crippen LogP contribution in [-0.2, 0) is 9.84 Å². The number of anilines is 1. The molecule has 1 aliphatic heterocycles. The SMILES string of the molecule is CC1CS(=O)(=O)CCN1c1cnc(C(N)=S)cn1. The van der Waals surface area contributed by atoms with E-state index in [4.69, 9.17) is 18.0 Å². The number of sulfone groups is 1. The van der Waals surface area contributed by atoms with E-state index in [1.165, 1.54) is 6.20 Å². The van der Waals surface area contributed by atoms with Crippen LogP contribution >= 0.6 is 12.2 Å². The molecule has 98 valence electrons. The molecule has 8 heteroatoms. The van der Waals surface area contributed by atoms with Gasteiger partial charge in [0.2, 0.25) is 0 Å². The van der Waals surface area contributed by atoms with Crippen molar-refractivity contribution in [3.05, 3.63) is 18.1 Å². The molecule has 1 fully saturated rings. The molecule has 1 unspecified atom stereocenters. The van der Waals surface area contributed by atoms with Crippen molar-refractivity contribution in [2.75, 3.05) is 23.0 Å². The van der Waals surface area contributed by atoms with Gasteiger partial charge in [0.1, 0.15) is 16.5 Å². The van der Waals surface area contributed by atoms with Gasteiger partial charge in [-0.2, -0.15) is 0 Å². The van der Waals surface area contributed by atoms with Gasteiger partial charge in [-0.05, 0) is 6.92 Å². The Morgan fingerprint density at radius 1 is 1.50 bits per heavy atom. The van der Waals surface area contributed by atoms with Crippen molar-refractivity contribution in [3.63, 3.8) is 0 Å².